The fraction of sp³-hybridized carbons (Fsp3) is 0.500. The van der Waals surface area contributed by atoms with Crippen LogP contribution >= 0.6 is 0 Å². The molecule has 1 aliphatic rings. The Bertz CT molecular complexity index is 574. The third-order valence-corrected chi connectivity index (χ3v) is 3.85. The Morgan fingerprint density at radius 3 is 2.48 bits per heavy atom. The summed E-state index contributed by atoms with van der Waals surface area (Å²) in [5.74, 6) is -0.00240. The molecule has 0 aromatic heterocycles. The molecule has 1 aliphatic carbocycles. The van der Waals surface area contributed by atoms with Crippen LogP contribution in [0.2, 0.25) is 0 Å². The zero-order valence-electron chi connectivity index (χ0n) is 13.9. The molecule has 1 aromatic carbocycles. The first-order chi connectivity index (χ1) is 11.1. The van der Waals surface area contributed by atoms with Crippen LogP contribution in [0.5, 0.6) is 0 Å². The lowest BCUT2D eigenvalue weighted by molar-refractivity contribution is -0.117. The summed E-state index contributed by atoms with van der Waals surface area (Å²) in [5.41, 5.74) is 4.75. The summed E-state index contributed by atoms with van der Waals surface area (Å²) in [6.07, 6.45) is 6.29. The number of hydrogen-bond donors (Lipinski definition) is 2. The summed E-state index contributed by atoms with van der Waals surface area (Å²) in [4.78, 5) is 23.7. The van der Waals surface area contributed by atoms with Crippen molar-refractivity contribution in [2.75, 3.05) is 5.32 Å². The molecular formula is C18H25N3O2. The van der Waals surface area contributed by atoms with E-state index in [2.05, 4.69) is 22.8 Å². The standard InChI is InChI=1S/C18H25N3O2/c1-3-4-5-6-13(2)20-21-18(23)15-9-11-16(12-10-15)19-17(22)14-7-8-14/h9-12,14H,3-8H2,1-2H3,(H,19,22)(H,21,23)/b20-13+. The molecule has 0 unspecified atom stereocenters. The third-order valence-electron chi connectivity index (χ3n) is 3.85. The van der Waals surface area contributed by atoms with Crippen molar-refractivity contribution in [3.8, 4) is 0 Å². The molecule has 0 saturated heterocycles. The van der Waals surface area contributed by atoms with Crippen LogP contribution in [0, 0.1) is 5.92 Å². The molecule has 1 saturated carbocycles. The number of unbranched alkanes of at least 4 members (excludes halogenated alkanes) is 2. The highest BCUT2D eigenvalue weighted by Gasteiger charge is 2.29. The number of nitrogens with zero attached hydrogens (tertiary/aromatic N) is 1. The quantitative estimate of drug-likeness (QED) is 0.436. The zero-order chi connectivity index (χ0) is 16.7. The predicted octanol–water partition coefficient (Wildman–Crippen LogP) is 3.72. The smallest absolute Gasteiger partial charge is 0.271 e. The molecule has 2 rings (SSSR count). The molecule has 23 heavy (non-hydrogen) atoms. The Kier molecular flexibility index (Phi) is 6.32. The van der Waals surface area contributed by atoms with E-state index in [9.17, 15) is 9.59 Å². The summed E-state index contributed by atoms with van der Waals surface area (Å²) >= 11 is 0. The average Bonchev–Trinajstić information content (AvgIpc) is 3.38. The van der Waals surface area contributed by atoms with Crippen molar-refractivity contribution in [2.24, 2.45) is 11.0 Å². The molecule has 0 heterocycles. The fourth-order valence-electron chi connectivity index (χ4n) is 2.19. The first-order valence-electron chi connectivity index (χ1n) is 8.34. The minimum atomic E-state index is -0.236. The zero-order valence-corrected chi connectivity index (χ0v) is 13.9. The molecule has 0 bridgehead atoms. The second-order valence-corrected chi connectivity index (χ2v) is 6.09. The Labute approximate surface area is 137 Å². The summed E-state index contributed by atoms with van der Waals surface area (Å²) in [6.45, 7) is 4.08. The first-order valence-corrected chi connectivity index (χ1v) is 8.34. The topological polar surface area (TPSA) is 70.6 Å². The van der Waals surface area contributed by atoms with Gasteiger partial charge in [-0.15, -0.1) is 0 Å². The number of rotatable bonds is 8. The second kappa shape index (κ2) is 8.46. The van der Waals surface area contributed by atoms with Gasteiger partial charge in [-0.25, -0.2) is 5.43 Å². The molecule has 2 N–H and O–H groups in total. The number of nitrogens with one attached hydrogen (secondary N) is 2. The summed E-state index contributed by atoms with van der Waals surface area (Å²) in [5, 5.41) is 6.97. The van der Waals surface area contributed by atoms with Gasteiger partial charge in [0, 0.05) is 22.9 Å². The molecule has 1 fully saturated rings. The highest BCUT2D eigenvalue weighted by atomic mass is 16.2. The molecule has 5 nitrogen and oxygen atoms in total. The van der Waals surface area contributed by atoms with Gasteiger partial charge in [0.1, 0.15) is 0 Å². The van der Waals surface area contributed by atoms with Gasteiger partial charge >= 0.3 is 0 Å². The lowest BCUT2D eigenvalue weighted by Gasteiger charge is -2.06. The van der Waals surface area contributed by atoms with Gasteiger partial charge < -0.3 is 5.32 Å². The molecule has 0 radical (unpaired) electrons. The van der Waals surface area contributed by atoms with Gasteiger partial charge in [0.2, 0.25) is 5.91 Å². The lowest BCUT2D eigenvalue weighted by atomic mass is 10.1. The van der Waals surface area contributed by atoms with Crippen molar-refractivity contribution in [3.05, 3.63) is 29.8 Å². The van der Waals surface area contributed by atoms with E-state index in [1.54, 1.807) is 24.3 Å². The maximum Gasteiger partial charge on any atom is 0.271 e. The van der Waals surface area contributed by atoms with Gasteiger partial charge in [-0.05, 0) is 56.9 Å². The van der Waals surface area contributed by atoms with Crippen LogP contribution in [0.1, 0.15) is 62.7 Å². The van der Waals surface area contributed by atoms with E-state index < -0.39 is 0 Å². The van der Waals surface area contributed by atoms with Crippen LogP contribution in [0.4, 0.5) is 5.69 Å². The normalized spacial score (nSPS) is 14.4. The maximum atomic E-state index is 12.0. The van der Waals surface area contributed by atoms with E-state index in [-0.39, 0.29) is 17.7 Å². The van der Waals surface area contributed by atoms with Gasteiger partial charge in [-0.2, -0.15) is 5.10 Å². The van der Waals surface area contributed by atoms with E-state index in [4.69, 9.17) is 0 Å². The summed E-state index contributed by atoms with van der Waals surface area (Å²) in [7, 11) is 0. The van der Waals surface area contributed by atoms with Gasteiger partial charge in [0.15, 0.2) is 0 Å². The lowest BCUT2D eigenvalue weighted by Crippen LogP contribution is -2.19. The number of anilines is 1. The van der Waals surface area contributed by atoms with E-state index in [1.807, 2.05) is 6.92 Å². The number of amides is 2. The largest absolute Gasteiger partial charge is 0.326 e. The maximum absolute atomic E-state index is 12.0. The number of carbonyl (C=O) groups is 2. The van der Waals surface area contributed by atoms with Crippen LogP contribution in [0.3, 0.4) is 0 Å². The molecule has 0 aliphatic heterocycles. The molecule has 1 aromatic rings. The Hall–Kier alpha value is -2.17. The van der Waals surface area contributed by atoms with Crippen molar-refractivity contribution in [2.45, 2.75) is 52.4 Å². The highest BCUT2D eigenvalue weighted by Crippen LogP contribution is 2.30. The fourth-order valence-corrected chi connectivity index (χ4v) is 2.19. The van der Waals surface area contributed by atoms with E-state index in [0.29, 0.717) is 5.56 Å². The van der Waals surface area contributed by atoms with Crippen LogP contribution in [-0.4, -0.2) is 17.5 Å². The third kappa shape index (κ3) is 5.85. The number of benzene rings is 1. The highest BCUT2D eigenvalue weighted by molar-refractivity contribution is 5.97. The van der Waals surface area contributed by atoms with Crippen molar-refractivity contribution in [3.63, 3.8) is 0 Å². The monoisotopic (exact) mass is 315 g/mol. The van der Waals surface area contributed by atoms with Crippen LogP contribution in [0.15, 0.2) is 29.4 Å². The van der Waals surface area contributed by atoms with Crippen molar-refractivity contribution >= 4 is 23.2 Å². The molecule has 0 atom stereocenters. The Morgan fingerprint density at radius 1 is 1.17 bits per heavy atom. The predicted molar refractivity (Wildman–Crippen MR) is 92.5 cm³/mol. The van der Waals surface area contributed by atoms with Gasteiger partial charge in [-0.3, -0.25) is 9.59 Å². The molecule has 5 heteroatoms. The van der Waals surface area contributed by atoms with Crippen LogP contribution in [0.25, 0.3) is 0 Å². The van der Waals surface area contributed by atoms with Gasteiger partial charge in [0.05, 0.1) is 0 Å². The van der Waals surface area contributed by atoms with E-state index >= 15 is 0 Å². The average molecular weight is 315 g/mol. The van der Waals surface area contributed by atoms with Crippen LogP contribution in [-0.2, 0) is 4.79 Å². The molecule has 2 amide bonds. The van der Waals surface area contributed by atoms with Gasteiger partial charge in [0.25, 0.3) is 5.91 Å². The summed E-state index contributed by atoms with van der Waals surface area (Å²) < 4.78 is 0. The first kappa shape index (κ1) is 17.2. The SMILES string of the molecule is CCCCC/C(C)=N/NC(=O)c1ccc(NC(=O)C2CC2)cc1. The molecule has 0 spiro atoms. The molecule has 124 valence electrons. The second-order valence-electron chi connectivity index (χ2n) is 6.09. The van der Waals surface area contributed by atoms with Gasteiger partial charge in [-0.1, -0.05) is 19.8 Å². The van der Waals surface area contributed by atoms with E-state index in [0.717, 1.165) is 37.1 Å². The van der Waals surface area contributed by atoms with Crippen molar-refractivity contribution in [1.82, 2.24) is 5.43 Å². The number of carbonyl (C=O) groups excluding carboxylic acids is 2. The Balaban J connectivity index is 1.82. The number of hydrazone groups is 1. The Morgan fingerprint density at radius 2 is 1.87 bits per heavy atom. The summed E-state index contributed by atoms with van der Waals surface area (Å²) in [6, 6.07) is 6.87. The minimum Gasteiger partial charge on any atom is -0.326 e. The number of hydrogen-bond acceptors (Lipinski definition) is 3. The molecular weight excluding hydrogens is 290 g/mol. The van der Waals surface area contributed by atoms with Crippen molar-refractivity contribution < 1.29 is 9.59 Å². The van der Waals surface area contributed by atoms with E-state index in [1.165, 1.54) is 12.8 Å². The van der Waals surface area contributed by atoms with Crippen molar-refractivity contribution in [1.29, 1.82) is 0 Å². The minimum absolute atomic E-state index is 0.0644. The van der Waals surface area contributed by atoms with Crippen LogP contribution < -0.4 is 10.7 Å².